The van der Waals surface area contributed by atoms with Crippen molar-refractivity contribution in [3.8, 4) is 11.3 Å². The van der Waals surface area contributed by atoms with E-state index in [-0.39, 0.29) is 0 Å². The minimum absolute atomic E-state index is 0.589. The Balaban J connectivity index is 1.65. The van der Waals surface area contributed by atoms with Gasteiger partial charge in [-0.15, -0.1) is 0 Å². The summed E-state index contributed by atoms with van der Waals surface area (Å²) in [6.45, 7) is 2.64. The maximum absolute atomic E-state index is 5.93. The highest BCUT2D eigenvalue weighted by atomic mass is 35.5. The lowest BCUT2D eigenvalue weighted by Gasteiger charge is -2.20. The lowest BCUT2D eigenvalue weighted by Crippen LogP contribution is -2.30. The average Bonchev–Trinajstić information content (AvgIpc) is 3.06. The second kappa shape index (κ2) is 7.72. The molecule has 0 atom stereocenters. The van der Waals surface area contributed by atoms with Crippen LogP contribution < -0.4 is 5.32 Å². The summed E-state index contributed by atoms with van der Waals surface area (Å²) in [5.74, 6) is 1.67. The molecule has 0 aliphatic carbocycles. The van der Waals surface area contributed by atoms with Crippen molar-refractivity contribution in [2.75, 3.05) is 12.4 Å². The molecule has 0 unspecified atom stereocenters. The molecule has 5 heteroatoms. The summed E-state index contributed by atoms with van der Waals surface area (Å²) < 4.78 is 5.93. The number of nitrogens with one attached hydrogen (secondary N) is 1. The van der Waals surface area contributed by atoms with Crippen LogP contribution in [0.25, 0.3) is 11.3 Å². The SMILES string of the molecule is Cc1ccccc1NC(=S)N(C)Cc1ccc(-c2ccc(Cl)cc2)o1. The molecule has 0 amide bonds. The average molecular weight is 371 g/mol. The molecule has 1 heterocycles. The van der Waals surface area contributed by atoms with Gasteiger partial charge in [0.05, 0.1) is 6.54 Å². The molecule has 1 N–H and O–H groups in total. The predicted octanol–water partition coefficient (Wildman–Crippen LogP) is 5.74. The second-order valence-electron chi connectivity index (χ2n) is 5.87. The molecule has 0 saturated carbocycles. The molecule has 0 aliphatic rings. The highest BCUT2D eigenvalue weighted by Gasteiger charge is 2.10. The first kappa shape index (κ1) is 17.5. The topological polar surface area (TPSA) is 28.4 Å². The highest BCUT2D eigenvalue weighted by molar-refractivity contribution is 7.80. The largest absolute Gasteiger partial charge is 0.459 e. The molecule has 0 spiro atoms. The van der Waals surface area contributed by atoms with Crippen molar-refractivity contribution in [1.82, 2.24) is 4.90 Å². The third-order valence-corrected chi connectivity index (χ3v) is 4.58. The Morgan fingerprint density at radius 1 is 1.08 bits per heavy atom. The fourth-order valence-corrected chi connectivity index (χ4v) is 2.76. The predicted molar refractivity (Wildman–Crippen MR) is 108 cm³/mol. The monoisotopic (exact) mass is 370 g/mol. The summed E-state index contributed by atoms with van der Waals surface area (Å²) in [6.07, 6.45) is 0. The molecule has 25 heavy (non-hydrogen) atoms. The van der Waals surface area contributed by atoms with E-state index < -0.39 is 0 Å². The lowest BCUT2D eigenvalue weighted by molar-refractivity contribution is 0.420. The first-order chi connectivity index (χ1) is 12.0. The number of thiocarbonyl (C=S) groups is 1. The zero-order valence-electron chi connectivity index (χ0n) is 14.1. The molecule has 2 aromatic carbocycles. The Hall–Kier alpha value is -2.30. The molecule has 0 bridgehead atoms. The van der Waals surface area contributed by atoms with Crippen molar-refractivity contribution >= 4 is 34.6 Å². The number of halogens is 1. The van der Waals surface area contributed by atoms with E-state index in [9.17, 15) is 0 Å². The van der Waals surface area contributed by atoms with Crippen LogP contribution >= 0.6 is 23.8 Å². The number of nitrogens with zero attached hydrogens (tertiary/aromatic N) is 1. The van der Waals surface area contributed by atoms with Gasteiger partial charge in [0.15, 0.2) is 5.11 Å². The van der Waals surface area contributed by atoms with Crippen LogP contribution in [0.4, 0.5) is 5.69 Å². The summed E-state index contributed by atoms with van der Waals surface area (Å²) in [6, 6.07) is 19.6. The Morgan fingerprint density at radius 3 is 2.52 bits per heavy atom. The first-order valence-corrected chi connectivity index (χ1v) is 8.74. The molecule has 1 aromatic heterocycles. The summed E-state index contributed by atoms with van der Waals surface area (Å²) in [7, 11) is 1.94. The third-order valence-electron chi connectivity index (χ3n) is 3.92. The molecule has 0 aliphatic heterocycles. The molecule has 0 radical (unpaired) electrons. The summed E-state index contributed by atoms with van der Waals surface area (Å²) in [5, 5.41) is 4.64. The fourth-order valence-electron chi connectivity index (χ4n) is 2.46. The van der Waals surface area contributed by atoms with E-state index >= 15 is 0 Å². The minimum atomic E-state index is 0.589. The van der Waals surface area contributed by atoms with E-state index in [0.29, 0.717) is 16.7 Å². The molecular weight excluding hydrogens is 352 g/mol. The number of benzene rings is 2. The number of aryl methyl sites for hydroxylation is 1. The van der Waals surface area contributed by atoms with Gasteiger partial charge in [-0.3, -0.25) is 0 Å². The number of hydrogen-bond donors (Lipinski definition) is 1. The molecule has 128 valence electrons. The van der Waals surface area contributed by atoms with Crippen LogP contribution in [-0.2, 0) is 6.54 Å². The second-order valence-corrected chi connectivity index (χ2v) is 6.70. The van der Waals surface area contributed by atoms with Gasteiger partial charge < -0.3 is 14.6 Å². The van der Waals surface area contributed by atoms with Crippen molar-refractivity contribution in [3.63, 3.8) is 0 Å². The Kier molecular flexibility index (Phi) is 5.41. The van der Waals surface area contributed by atoms with Gasteiger partial charge in [0.1, 0.15) is 11.5 Å². The van der Waals surface area contributed by atoms with E-state index in [1.165, 1.54) is 0 Å². The molecule has 3 nitrogen and oxygen atoms in total. The first-order valence-electron chi connectivity index (χ1n) is 7.95. The maximum Gasteiger partial charge on any atom is 0.173 e. The third kappa shape index (κ3) is 4.41. The summed E-state index contributed by atoms with van der Waals surface area (Å²) in [4.78, 5) is 1.95. The van der Waals surface area contributed by atoms with E-state index in [0.717, 1.165) is 28.3 Å². The van der Waals surface area contributed by atoms with Crippen LogP contribution in [0.1, 0.15) is 11.3 Å². The van der Waals surface area contributed by atoms with Crippen LogP contribution in [0.3, 0.4) is 0 Å². The lowest BCUT2D eigenvalue weighted by atomic mass is 10.2. The number of anilines is 1. The van der Waals surface area contributed by atoms with Crippen LogP contribution in [0, 0.1) is 6.92 Å². The van der Waals surface area contributed by atoms with Gasteiger partial charge in [0, 0.05) is 23.3 Å². The smallest absolute Gasteiger partial charge is 0.173 e. The van der Waals surface area contributed by atoms with Gasteiger partial charge in [-0.25, -0.2) is 0 Å². The van der Waals surface area contributed by atoms with Crippen LogP contribution in [-0.4, -0.2) is 17.1 Å². The van der Waals surface area contributed by atoms with Gasteiger partial charge in [0.2, 0.25) is 0 Å². The van der Waals surface area contributed by atoms with E-state index in [2.05, 4.69) is 18.3 Å². The summed E-state index contributed by atoms with van der Waals surface area (Å²) >= 11 is 11.4. The van der Waals surface area contributed by atoms with Gasteiger partial charge in [-0.2, -0.15) is 0 Å². The van der Waals surface area contributed by atoms with E-state index in [1.54, 1.807) is 0 Å². The van der Waals surface area contributed by atoms with Crippen LogP contribution in [0.5, 0.6) is 0 Å². The van der Waals surface area contributed by atoms with Gasteiger partial charge >= 0.3 is 0 Å². The van der Waals surface area contributed by atoms with Gasteiger partial charge in [-0.05, 0) is 67.2 Å². The number of hydrogen-bond acceptors (Lipinski definition) is 2. The number of furan rings is 1. The molecule has 0 saturated heterocycles. The van der Waals surface area contributed by atoms with Crippen LogP contribution in [0.2, 0.25) is 5.02 Å². The summed E-state index contributed by atoms with van der Waals surface area (Å²) in [5.41, 5.74) is 3.17. The van der Waals surface area contributed by atoms with Crippen molar-refractivity contribution in [3.05, 3.63) is 77.0 Å². The number of rotatable bonds is 4. The van der Waals surface area contributed by atoms with Crippen LogP contribution in [0.15, 0.2) is 65.1 Å². The van der Waals surface area contributed by atoms with Crippen molar-refractivity contribution in [2.24, 2.45) is 0 Å². The normalized spacial score (nSPS) is 10.5. The maximum atomic E-state index is 5.93. The highest BCUT2D eigenvalue weighted by Crippen LogP contribution is 2.24. The van der Waals surface area contributed by atoms with Crippen molar-refractivity contribution < 1.29 is 4.42 Å². The molecule has 0 fully saturated rings. The van der Waals surface area contributed by atoms with Gasteiger partial charge in [-0.1, -0.05) is 29.8 Å². The zero-order chi connectivity index (χ0) is 17.8. The molecular formula is C20H19ClN2OS. The quantitative estimate of drug-likeness (QED) is 0.593. The van der Waals surface area contributed by atoms with Gasteiger partial charge in [0.25, 0.3) is 0 Å². The van der Waals surface area contributed by atoms with Crippen molar-refractivity contribution in [2.45, 2.75) is 13.5 Å². The van der Waals surface area contributed by atoms with Crippen molar-refractivity contribution in [1.29, 1.82) is 0 Å². The Labute approximate surface area is 158 Å². The zero-order valence-corrected chi connectivity index (χ0v) is 15.7. The Bertz CT molecular complexity index is 873. The Morgan fingerprint density at radius 2 is 1.80 bits per heavy atom. The standard InChI is InChI=1S/C20H19ClN2OS/c1-14-5-3-4-6-18(14)22-20(25)23(2)13-17-11-12-19(24-17)15-7-9-16(21)10-8-15/h3-12H,13H2,1-2H3,(H,22,25). The minimum Gasteiger partial charge on any atom is -0.459 e. The molecule has 3 rings (SSSR count). The fraction of sp³-hybridized carbons (Fsp3) is 0.150. The van der Waals surface area contributed by atoms with E-state index in [4.69, 9.17) is 28.2 Å². The molecule has 3 aromatic rings. The number of para-hydroxylation sites is 1. The van der Waals surface area contributed by atoms with E-state index in [1.807, 2.05) is 66.5 Å².